The fourth-order valence-electron chi connectivity index (χ4n) is 2.57. The van der Waals surface area contributed by atoms with Gasteiger partial charge < -0.3 is 10.6 Å². The van der Waals surface area contributed by atoms with Crippen LogP contribution >= 0.6 is 35.7 Å². The van der Waals surface area contributed by atoms with Gasteiger partial charge in [0.25, 0.3) is 0 Å². The van der Waals surface area contributed by atoms with Crippen LogP contribution in [0.15, 0.2) is 52.4 Å². The average Bonchev–Trinajstić information content (AvgIpc) is 2.65. The molecule has 0 aliphatic rings. The quantitative estimate of drug-likeness (QED) is 0.266. The third-order valence-electron chi connectivity index (χ3n) is 3.91. The Morgan fingerprint density at radius 2 is 1.93 bits per heavy atom. The van der Waals surface area contributed by atoms with Crippen molar-refractivity contribution in [3.8, 4) is 0 Å². The first-order chi connectivity index (χ1) is 13.3. The molecule has 0 bridgehead atoms. The Bertz CT molecular complexity index is 940. The van der Waals surface area contributed by atoms with Gasteiger partial charge in [-0.2, -0.15) is 11.8 Å². The zero-order chi connectivity index (χ0) is 20.6. The van der Waals surface area contributed by atoms with E-state index in [4.69, 9.17) is 5.14 Å². The minimum Gasteiger partial charge on any atom is -0.357 e. The molecule has 0 amide bonds. The topological polar surface area (TPSA) is 96.6 Å². The van der Waals surface area contributed by atoms with Gasteiger partial charge in [-0.3, -0.25) is 0 Å². The molecule has 0 spiro atoms. The molecule has 2 aromatic rings. The number of primary sulfonamides is 1. The highest BCUT2D eigenvalue weighted by molar-refractivity contribution is 14.0. The zero-order valence-electron chi connectivity index (χ0n) is 16.3. The van der Waals surface area contributed by atoms with E-state index in [-0.39, 0.29) is 34.7 Å². The van der Waals surface area contributed by atoms with Crippen molar-refractivity contribution in [1.82, 2.24) is 10.6 Å². The monoisotopic (exact) mass is 552 g/mol. The van der Waals surface area contributed by atoms with Crippen molar-refractivity contribution in [3.05, 3.63) is 65.0 Å². The number of hydrogen-bond acceptors (Lipinski definition) is 4. The first-order valence-electron chi connectivity index (χ1n) is 8.73. The molecule has 10 heteroatoms. The van der Waals surface area contributed by atoms with Crippen molar-refractivity contribution >= 4 is 51.7 Å². The highest BCUT2D eigenvalue weighted by Gasteiger charge is 2.08. The maximum Gasteiger partial charge on any atom is 0.238 e. The second kappa shape index (κ2) is 12.4. The first kappa shape index (κ1) is 25.7. The van der Waals surface area contributed by atoms with E-state index in [9.17, 15) is 12.8 Å². The molecular weight excluding hydrogens is 526 g/mol. The lowest BCUT2D eigenvalue weighted by Crippen LogP contribution is -2.37. The third kappa shape index (κ3) is 8.49. The minimum atomic E-state index is -3.75. The number of sulfonamides is 1. The molecule has 0 unspecified atom stereocenters. The lowest BCUT2D eigenvalue weighted by atomic mass is 10.1. The van der Waals surface area contributed by atoms with Crippen LogP contribution in [0.25, 0.3) is 0 Å². The molecule has 0 radical (unpaired) electrons. The lowest BCUT2D eigenvalue weighted by molar-refractivity contribution is 0.597. The predicted molar refractivity (Wildman–Crippen MR) is 129 cm³/mol. The van der Waals surface area contributed by atoms with E-state index in [1.807, 2.05) is 13.2 Å². The van der Waals surface area contributed by atoms with Gasteiger partial charge in [-0.15, -0.1) is 24.0 Å². The van der Waals surface area contributed by atoms with Crippen LogP contribution < -0.4 is 15.8 Å². The number of benzene rings is 2. The number of guanidine groups is 1. The molecule has 4 N–H and O–H groups in total. The Morgan fingerprint density at radius 3 is 2.59 bits per heavy atom. The summed E-state index contributed by atoms with van der Waals surface area (Å²) in [5, 5.41) is 11.6. The van der Waals surface area contributed by atoms with Crippen molar-refractivity contribution < 1.29 is 12.8 Å². The SMILES string of the molecule is CCNC(=NCc1cccc(S(N)(=O)=O)c1)NCc1ccc(F)cc1CSC.I. The third-order valence-corrected chi connectivity index (χ3v) is 5.42. The smallest absolute Gasteiger partial charge is 0.238 e. The number of nitrogens with zero attached hydrogens (tertiary/aromatic N) is 1. The van der Waals surface area contributed by atoms with Gasteiger partial charge in [-0.1, -0.05) is 18.2 Å². The van der Waals surface area contributed by atoms with Crippen LogP contribution in [-0.4, -0.2) is 27.2 Å². The molecule has 0 saturated heterocycles. The van der Waals surface area contributed by atoms with Gasteiger partial charge in [0, 0.05) is 18.8 Å². The number of halogens is 2. The van der Waals surface area contributed by atoms with Crippen molar-refractivity contribution in [2.75, 3.05) is 12.8 Å². The number of hydrogen-bond donors (Lipinski definition) is 3. The van der Waals surface area contributed by atoms with E-state index in [1.54, 1.807) is 36.0 Å². The molecule has 0 aliphatic carbocycles. The summed E-state index contributed by atoms with van der Waals surface area (Å²) in [5.41, 5.74) is 2.67. The summed E-state index contributed by atoms with van der Waals surface area (Å²) in [6, 6.07) is 11.2. The normalized spacial score (nSPS) is 11.7. The average molecular weight is 552 g/mol. The van der Waals surface area contributed by atoms with Gasteiger partial charge in [-0.25, -0.2) is 22.9 Å². The Balaban J connectivity index is 0.00000420. The fourth-order valence-corrected chi connectivity index (χ4v) is 3.73. The first-order valence-corrected chi connectivity index (χ1v) is 11.7. The van der Waals surface area contributed by atoms with Crippen molar-refractivity contribution in [3.63, 3.8) is 0 Å². The maximum absolute atomic E-state index is 13.5. The van der Waals surface area contributed by atoms with Crippen LogP contribution in [0, 0.1) is 5.82 Å². The molecule has 6 nitrogen and oxygen atoms in total. The van der Waals surface area contributed by atoms with Crippen LogP contribution in [-0.2, 0) is 28.9 Å². The zero-order valence-corrected chi connectivity index (χ0v) is 20.3. The highest BCUT2D eigenvalue weighted by atomic mass is 127. The van der Waals surface area contributed by atoms with Crippen LogP contribution in [0.1, 0.15) is 23.6 Å². The summed E-state index contributed by atoms with van der Waals surface area (Å²) in [6.07, 6.45) is 1.98. The van der Waals surface area contributed by atoms with Crippen molar-refractivity contribution in [2.24, 2.45) is 10.1 Å². The van der Waals surface area contributed by atoms with Gasteiger partial charge in [0.05, 0.1) is 11.4 Å². The van der Waals surface area contributed by atoms with Gasteiger partial charge in [0.15, 0.2) is 5.96 Å². The maximum atomic E-state index is 13.5. The van der Waals surface area contributed by atoms with Crippen molar-refractivity contribution in [2.45, 2.75) is 30.7 Å². The second-order valence-corrected chi connectivity index (χ2v) is 8.51. The molecular formula is C19H26FIN4O2S2. The number of thioether (sulfide) groups is 1. The molecule has 0 aliphatic heterocycles. The minimum absolute atomic E-state index is 0. The lowest BCUT2D eigenvalue weighted by Gasteiger charge is -2.14. The fraction of sp³-hybridized carbons (Fsp3) is 0.316. The molecule has 29 heavy (non-hydrogen) atoms. The van der Waals surface area contributed by atoms with Crippen molar-refractivity contribution in [1.29, 1.82) is 0 Å². The summed E-state index contributed by atoms with van der Waals surface area (Å²) in [5.74, 6) is 1.06. The number of aliphatic imine (C=N–C) groups is 1. The standard InChI is InChI=1S/C19H25FN4O2S2.HI/c1-3-22-19(23-11-14-5-4-6-18(9-14)28(21,25)26)24-12-15-7-8-17(20)10-16(15)13-27-2;/h4-10H,3,11-13H2,1-2H3,(H2,21,25,26)(H2,22,23,24);1H. The summed E-state index contributed by atoms with van der Waals surface area (Å²) >= 11 is 1.63. The molecule has 0 atom stereocenters. The highest BCUT2D eigenvalue weighted by Crippen LogP contribution is 2.16. The largest absolute Gasteiger partial charge is 0.357 e. The van der Waals surface area contributed by atoms with Gasteiger partial charge in [-0.05, 0) is 54.1 Å². The van der Waals surface area contributed by atoms with E-state index < -0.39 is 10.0 Å². The molecule has 0 heterocycles. The number of rotatable bonds is 8. The second-order valence-electron chi connectivity index (χ2n) is 6.09. The summed E-state index contributed by atoms with van der Waals surface area (Å²) in [4.78, 5) is 4.56. The summed E-state index contributed by atoms with van der Waals surface area (Å²) in [7, 11) is -3.75. The Kier molecular flexibility index (Phi) is 10.9. The van der Waals surface area contributed by atoms with Gasteiger partial charge >= 0.3 is 0 Å². The van der Waals surface area contributed by atoms with E-state index in [0.29, 0.717) is 25.6 Å². The Morgan fingerprint density at radius 1 is 1.17 bits per heavy atom. The molecule has 2 aromatic carbocycles. The van der Waals surface area contributed by atoms with Crippen LogP contribution in [0.4, 0.5) is 4.39 Å². The van der Waals surface area contributed by atoms with E-state index in [1.165, 1.54) is 18.2 Å². The van der Waals surface area contributed by atoms with E-state index in [2.05, 4.69) is 15.6 Å². The molecule has 0 saturated carbocycles. The molecule has 0 fully saturated rings. The van der Waals surface area contributed by atoms with Crippen LogP contribution in [0.2, 0.25) is 0 Å². The van der Waals surface area contributed by atoms with E-state index in [0.717, 1.165) is 22.4 Å². The number of nitrogens with one attached hydrogen (secondary N) is 2. The number of nitrogens with two attached hydrogens (primary N) is 1. The van der Waals surface area contributed by atoms with Crippen LogP contribution in [0.5, 0.6) is 0 Å². The predicted octanol–water partition coefficient (Wildman–Crippen LogP) is 3.21. The molecule has 160 valence electrons. The van der Waals surface area contributed by atoms with E-state index >= 15 is 0 Å². The summed E-state index contributed by atoms with van der Waals surface area (Å²) in [6.45, 7) is 3.42. The Hall–Kier alpha value is -1.37. The summed E-state index contributed by atoms with van der Waals surface area (Å²) < 4.78 is 36.5. The Labute approximate surface area is 193 Å². The van der Waals surface area contributed by atoms with Gasteiger partial charge in [0.2, 0.25) is 10.0 Å². The molecule has 0 aromatic heterocycles. The molecule has 2 rings (SSSR count). The van der Waals surface area contributed by atoms with Crippen LogP contribution in [0.3, 0.4) is 0 Å². The van der Waals surface area contributed by atoms with Gasteiger partial charge in [0.1, 0.15) is 5.82 Å².